The van der Waals surface area contributed by atoms with Gasteiger partial charge in [-0.3, -0.25) is 4.99 Å². The fraction of sp³-hybridized carbons (Fsp3) is 0.947. The van der Waals surface area contributed by atoms with E-state index >= 15 is 0 Å². The summed E-state index contributed by atoms with van der Waals surface area (Å²) in [6.07, 6.45) is 9.61. The van der Waals surface area contributed by atoms with Crippen molar-refractivity contribution in [3.8, 4) is 0 Å². The summed E-state index contributed by atoms with van der Waals surface area (Å²) in [4.78, 5) is 9.27. The largest absolute Gasteiger partial charge is 0.376 e. The zero-order valence-corrected chi connectivity index (χ0v) is 19.2. The molecule has 0 spiro atoms. The van der Waals surface area contributed by atoms with Gasteiger partial charge >= 0.3 is 0 Å². The monoisotopic (exact) mass is 481 g/mol. The van der Waals surface area contributed by atoms with Gasteiger partial charge in [-0.25, -0.2) is 0 Å². The summed E-state index contributed by atoms with van der Waals surface area (Å²) in [7, 11) is 4.05. The highest BCUT2D eigenvalue weighted by Crippen LogP contribution is 2.19. The molecule has 0 aromatic heterocycles. The van der Waals surface area contributed by atoms with Crippen LogP contribution < -0.4 is 10.6 Å². The topological polar surface area (TPSA) is 52.1 Å². The highest BCUT2D eigenvalue weighted by Gasteiger charge is 2.13. The van der Waals surface area contributed by atoms with Gasteiger partial charge in [0.2, 0.25) is 0 Å². The second kappa shape index (κ2) is 14.9. The maximum absolute atomic E-state index is 6.02. The highest BCUT2D eigenvalue weighted by molar-refractivity contribution is 14.0. The van der Waals surface area contributed by atoms with E-state index in [4.69, 9.17) is 4.74 Å². The van der Waals surface area contributed by atoms with Crippen LogP contribution in [-0.2, 0) is 4.74 Å². The van der Waals surface area contributed by atoms with Crippen molar-refractivity contribution < 1.29 is 4.74 Å². The quantitative estimate of drug-likeness (QED) is 0.192. The highest BCUT2D eigenvalue weighted by atomic mass is 127. The third-order valence-electron chi connectivity index (χ3n) is 5.31. The van der Waals surface area contributed by atoms with E-state index in [1.807, 2.05) is 7.05 Å². The summed E-state index contributed by atoms with van der Waals surface area (Å²) in [5, 5.41) is 6.79. The second-order valence-electron chi connectivity index (χ2n) is 7.41. The molecule has 1 aliphatic carbocycles. The van der Waals surface area contributed by atoms with Crippen LogP contribution >= 0.6 is 24.0 Å². The Morgan fingerprint density at radius 3 is 2.42 bits per heavy atom. The Labute approximate surface area is 177 Å². The van der Waals surface area contributed by atoms with Gasteiger partial charge in [-0.05, 0) is 39.4 Å². The minimum absolute atomic E-state index is 0. The van der Waals surface area contributed by atoms with Crippen molar-refractivity contribution in [3.63, 3.8) is 0 Å². The molecule has 0 aromatic rings. The predicted molar refractivity (Wildman–Crippen MR) is 121 cm³/mol. The van der Waals surface area contributed by atoms with Crippen molar-refractivity contribution in [2.45, 2.75) is 51.0 Å². The molecule has 0 bridgehead atoms. The summed E-state index contributed by atoms with van der Waals surface area (Å²) < 4.78 is 6.02. The lowest BCUT2D eigenvalue weighted by atomic mass is 10.1. The lowest BCUT2D eigenvalue weighted by Gasteiger charge is -2.21. The van der Waals surface area contributed by atoms with E-state index in [2.05, 4.69) is 32.5 Å². The summed E-state index contributed by atoms with van der Waals surface area (Å²) in [5.74, 6) is 0.886. The first kappa shape index (κ1) is 23.9. The number of halogens is 1. The van der Waals surface area contributed by atoms with E-state index < -0.39 is 0 Å². The third kappa shape index (κ3) is 10.3. The van der Waals surface area contributed by atoms with Gasteiger partial charge in [0.25, 0.3) is 0 Å². The van der Waals surface area contributed by atoms with Crippen molar-refractivity contribution in [2.24, 2.45) is 4.99 Å². The molecule has 1 heterocycles. The van der Waals surface area contributed by atoms with Crippen LogP contribution in [0.1, 0.15) is 44.9 Å². The Morgan fingerprint density at radius 2 is 1.69 bits per heavy atom. The van der Waals surface area contributed by atoms with Gasteiger partial charge in [0.15, 0.2) is 5.96 Å². The van der Waals surface area contributed by atoms with Gasteiger partial charge in [0.05, 0.1) is 12.7 Å². The third-order valence-corrected chi connectivity index (χ3v) is 5.31. The molecule has 1 aliphatic heterocycles. The number of nitrogens with zero attached hydrogens (tertiary/aromatic N) is 3. The zero-order chi connectivity index (χ0) is 17.7. The Hall–Kier alpha value is -0.120. The van der Waals surface area contributed by atoms with Gasteiger partial charge in [-0.15, -0.1) is 24.0 Å². The molecule has 6 nitrogen and oxygen atoms in total. The second-order valence-corrected chi connectivity index (χ2v) is 7.41. The number of likely N-dealkylation sites (N-methyl/N-ethyl adjacent to an activating group) is 1. The van der Waals surface area contributed by atoms with Crippen LogP contribution in [0.3, 0.4) is 0 Å². The van der Waals surface area contributed by atoms with E-state index in [9.17, 15) is 0 Å². The molecular formula is C19H40IN5O. The van der Waals surface area contributed by atoms with Gasteiger partial charge in [-0.2, -0.15) is 0 Å². The molecule has 2 aliphatic rings. The van der Waals surface area contributed by atoms with Crippen LogP contribution in [0.2, 0.25) is 0 Å². The van der Waals surface area contributed by atoms with Crippen LogP contribution in [0.4, 0.5) is 0 Å². The van der Waals surface area contributed by atoms with Crippen LogP contribution in [0, 0.1) is 0 Å². The molecule has 0 radical (unpaired) electrons. The number of ether oxygens (including phenoxy) is 1. The van der Waals surface area contributed by atoms with Crippen molar-refractivity contribution in [1.82, 2.24) is 20.4 Å². The fourth-order valence-corrected chi connectivity index (χ4v) is 3.68. The maximum Gasteiger partial charge on any atom is 0.191 e. The zero-order valence-electron chi connectivity index (χ0n) is 16.8. The summed E-state index contributed by atoms with van der Waals surface area (Å²) in [5.41, 5.74) is 0. The molecular weight excluding hydrogens is 441 g/mol. The molecule has 154 valence electrons. The van der Waals surface area contributed by atoms with Crippen molar-refractivity contribution >= 4 is 29.9 Å². The van der Waals surface area contributed by atoms with Crippen LogP contribution in [0.15, 0.2) is 4.99 Å². The molecule has 2 N–H and O–H groups in total. The molecule has 2 fully saturated rings. The SMILES string of the molecule is CN=C(NCCOC1CCCCCC1)NCCN1CCCN(C)CC1.I. The lowest BCUT2D eigenvalue weighted by molar-refractivity contribution is 0.0468. The molecule has 7 heteroatoms. The van der Waals surface area contributed by atoms with E-state index in [0.29, 0.717) is 6.10 Å². The van der Waals surface area contributed by atoms with Crippen molar-refractivity contribution in [1.29, 1.82) is 0 Å². The molecule has 0 atom stereocenters. The first-order valence-corrected chi connectivity index (χ1v) is 10.2. The summed E-state index contributed by atoms with van der Waals surface area (Å²) in [6.45, 7) is 8.36. The van der Waals surface area contributed by atoms with Gasteiger partial charge in [0.1, 0.15) is 0 Å². The number of aliphatic imine (C=N–C) groups is 1. The van der Waals surface area contributed by atoms with Crippen LogP contribution in [0.5, 0.6) is 0 Å². The first-order valence-electron chi connectivity index (χ1n) is 10.2. The number of nitrogens with one attached hydrogen (secondary N) is 2. The Kier molecular flexibility index (Phi) is 13.7. The number of rotatable bonds is 7. The van der Waals surface area contributed by atoms with E-state index in [1.165, 1.54) is 71.1 Å². The molecule has 2 rings (SSSR count). The number of hydrogen-bond acceptors (Lipinski definition) is 4. The van der Waals surface area contributed by atoms with Crippen LogP contribution in [-0.4, -0.2) is 88.4 Å². The van der Waals surface area contributed by atoms with Gasteiger partial charge < -0.3 is 25.2 Å². The number of hydrogen-bond donors (Lipinski definition) is 2. The van der Waals surface area contributed by atoms with Gasteiger partial charge in [-0.1, -0.05) is 25.7 Å². The first-order chi connectivity index (χ1) is 12.3. The summed E-state index contributed by atoms with van der Waals surface area (Å²) >= 11 is 0. The minimum Gasteiger partial charge on any atom is -0.376 e. The average Bonchev–Trinajstić information content (AvgIpc) is 3.00. The Morgan fingerprint density at radius 1 is 0.962 bits per heavy atom. The minimum atomic E-state index is 0. The molecule has 0 aromatic carbocycles. The van der Waals surface area contributed by atoms with Crippen molar-refractivity contribution in [3.05, 3.63) is 0 Å². The molecule has 26 heavy (non-hydrogen) atoms. The lowest BCUT2D eigenvalue weighted by Crippen LogP contribution is -2.43. The molecule has 1 saturated heterocycles. The van der Waals surface area contributed by atoms with Crippen LogP contribution in [0.25, 0.3) is 0 Å². The van der Waals surface area contributed by atoms with Crippen molar-refractivity contribution in [2.75, 3.05) is 66.5 Å². The van der Waals surface area contributed by atoms with E-state index in [1.54, 1.807) is 0 Å². The summed E-state index contributed by atoms with van der Waals surface area (Å²) in [6, 6.07) is 0. The average molecular weight is 481 g/mol. The smallest absolute Gasteiger partial charge is 0.191 e. The standard InChI is InChI=1S/C19H39N5O.HI/c1-20-19(21-10-14-24-13-7-12-23(2)15-16-24)22-11-17-25-18-8-5-3-4-6-9-18;/h18H,3-17H2,1-2H3,(H2,20,21,22);1H. The molecule has 1 saturated carbocycles. The predicted octanol–water partition coefficient (Wildman–Crippen LogP) is 2.15. The Bertz CT molecular complexity index is 375. The van der Waals surface area contributed by atoms with E-state index in [-0.39, 0.29) is 24.0 Å². The fourth-order valence-electron chi connectivity index (χ4n) is 3.68. The molecule has 0 unspecified atom stereocenters. The van der Waals surface area contributed by atoms with E-state index in [0.717, 1.165) is 32.2 Å². The maximum atomic E-state index is 6.02. The molecule has 0 amide bonds. The number of guanidine groups is 1. The normalized spacial score (nSPS) is 21.5. The Balaban J connectivity index is 0.00000338. The van der Waals surface area contributed by atoms with Gasteiger partial charge in [0, 0.05) is 39.8 Å².